The summed E-state index contributed by atoms with van der Waals surface area (Å²) in [5, 5.41) is 2.94. The first-order chi connectivity index (χ1) is 19.3. The Morgan fingerprint density at radius 1 is 0.900 bits per heavy atom. The number of sulfonamides is 1. The molecule has 1 aliphatic heterocycles. The van der Waals surface area contributed by atoms with Crippen molar-refractivity contribution in [1.29, 1.82) is 0 Å². The van der Waals surface area contributed by atoms with Crippen LogP contribution in [-0.2, 0) is 39.1 Å². The zero-order valence-electron chi connectivity index (χ0n) is 23.1. The summed E-state index contributed by atoms with van der Waals surface area (Å²) in [6.07, 6.45) is 2.41. The van der Waals surface area contributed by atoms with Gasteiger partial charge in [0.2, 0.25) is 21.8 Å². The predicted molar refractivity (Wildman–Crippen MR) is 154 cm³/mol. The zero-order chi connectivity index (χ0) is 28.5. The van der Waals surface area contributed by atoms with E-state index in [-0.39, 0.29) is 23.1 Å². The molecule has 212 valence electrons. The number of nitrogens with one attached hydrogen (secondary N) is 1. The fraction of sp³-hybridized carbons (Fsp3) is 0.355. The average molecular weight is 564 g/mol. The van der Waals surface area contributed by atoms with Gasteiger partial charge in [0.1, 0.15) is 11.8 Å². The molecule has 4 rings (SSSR count). The molecule has 0 unspecified atom stereocenters. The van der Waals surface area contributed by atoms with Crippen LogP contribution in [0.4, 0.5) is 0 Å². The van der Waals surface area contributed by atoms with Gasteiger partial charge in [-0.2, -0.15) is 4.31 Å². The summed E-state index contributed by atoms with van der Waals surface area (Å²) in [5.74, 6) is 0.354. The van der Waals surface area contributed by atoms with Gasteiger partial charge >= 0.3 is 0 Å². The van der Waals surface area contributed by atoms with E-state index in [9.17, 15) is 18.0 Å². The van der Waals surface area contributed by atoms with Gasteiger partial charge in [0.25, 0.3) is 0 Å². The number of hydrogen-bond acceptors (Lipinski definition) is 5. The van der Waals surface area contributed by atoms with Crippen molar-refractivity contribution in [3.05, 3.63) is 95.6 Å². The Kier molecular flexibility index (Phi) is 9.95. The highest BCUT2D eigenvalue weighted by Crippen LogP contribution is 2.22. The predicted octanol–water partition coefficient (Wildman–Crippen LogP) is 4.15. The van der Waals surface area contributed by atoms with E-state index in [0.717, 1.165) is 35.3 Å². The largest absolute Gasteiger partial charge is 0.497 e. The van der Waals surface area contributed by atoms with Crippen molar-refractivity contribution in [1.82, 2.24) is 14.5 Å². The van der Waals surface area contributed by atoms with E-state index in [1.807, 2.05) is 54.6 Å². The molecule has 0 aromatic heterocycles. The molecular formula is C31H37N3O5S. The molecule has 40 heavy (non-hydrogen) atoms. The summed E-state index contributed by atoms with van der Waals surface area (Å²) in [4.78, 5) is 28.4. The molecule has 0 aliphatic carbocycles. The van der Waals surface area contributed by atoms with Crippen molar-refractivity contribution >= 4 is 21.8 Å². The number of ether oxygens (including phenoxy) is 1. The molecule has 1 aliphatic rings. The molecular weight excluding hydrogens is 526 g/mol. The van der Waals surface area contributed by atoms with E-state index >= 15 is 0 Å². The van der Waals surface area contributed by atoms with Gasteiger partial charge in [0.15, 0.2) is 0 Å². The molecule has 1 heterocycles. The lowest BCUT2D eigenvalue weighted by Crippen LogP contribution is -2.47. The van der Waals surface area contributed by atoms with Crippen LogP contribution in [0.25, 0.3) is 0 Å². The van der Waals surface area contributed by atoms with Gasteiger partial charge in [0, 0.05) is 32.6 Å². The lowest BCUT2D eigenvalue weighted by molar-refractivity contribution is -0.140. The van der Waals surface area contributed by atoms with Crippen LogP contribution in [0.2, 0.25) is 0 Å². The summed E-state index contributed by atoms with van der Waals surface area (Å²) in [5.41, 5.74) is 2.73. The van der Waals surface area contributed by atoms with Gasteiger partial charge in [0.05, 0.1) is 12.0 Å². The minimum Gasteiger partial charge on any atom is -0.497 e. The van der Waals surface area contributed by atoms with Crippen molar-refractivity contribution in [3.63, 3.8) is 0 Å². The minimum atomic E-state index is -3.48. The third-order valence-electron chi connectivity index (χ3n) is 7.24. The molecule has 0 radical (unpaired) electrons. The Morgan fingerprint density at radius 2 is 1.52 bits per heavy atom. The molecule has 1 saturated heterocycles. The van der Waals surface area contributed by atoms with E-state index in [1.54, 1.807) is 43.2 Å². The van der Waals surface area contributed by atoms with Crippen LogP contribution >= 0.6 is 0 Å². The van der Waals surface area contributed by atoms with E-state index in [1.165, 1.54) is 4.31 Å². The van der Waals surface area contributed by atoms with Gasteiger partial charge in [-0.15, -0.1) is 0 Å². The number of carbonyl (C=O) groups excluding carboxylic acids is 2. The maximum atomic E-state index is 13.4. The molecule has 3 aromatic rings. The van der Waals surface area contributed by atoms with Crippen molar-refractivity contribution in [2.45, 2.75) is 56.6 Å². The van der Waals surface area contributed by atoms with Gasteiger partial charge in [-0.05, 0) is 67.1 Å². The highest BCUT2D eigenvalue weighted by molar-refractivity contribution is 7.89. The average Bonchev–Trinajstić information content (AvgIpc) is 3.54. The highest BCUT2D eigenvalue weighted by Gasteiger charge is 2.28. The summed E-state index contributed by atoms with van der Waals surface area (Å²) in [6.45, 7) is 3.50. The van der Waals surface area contributed by atoms with Crippen molar-refractivity contribution < 1.29 is 22.7 Å². The summed E-state index contributed by atoms with van der Waals surface area (Å²) < 4.78 is 32.3. The highest BCUT2D eigenvalue weighted by atomic mass is 32.2. The van der Waals surface area contributed by atoms with E-state index < -0.39 is 16.1 Å². The van der Waals surface area contributed by atoms with Crippen LogP contribution in [0, 0.1) is 0 Å². The van der Waals surface area contributed by atoms with Crippen LogP contribution in [0.5, 0.6) is 5.75 Å². The van der Waals surface area contributed by atoms with Crippen LogP contribution < -0.4 is 10.1 Å². The third kappa shape index (κ3) is 7.49. The van der Waals surface area contributed by atoms with Crippen molar-refractivity contribution in [2.75, 3.05) is 20.2 Å². The maximum Gasteiger partial charge on any atom is 0.243 e. The first-order valence-corrected chi connectivity index (χ1v) is 15.0. The number of hydrogen-bond donors (Lipinski definition) is 1. The number of rotatable bonds is 12. The minimum absolute atomic E-state index is 0.148. The number of benzene rings is 3. The SMILES string of the molecule is COc1ccc(CNC(=O)[C@@H](C)N(Cc2ccccc2)C(=O)CCc2ccc(S(=O)(=O)N3CCCC3)cc2)cc1. The Bertz CT molecular complexity index is 1370. The molecule has 9 heteroatoms. The fourth-order valence-electron chi connectivity index (χ4n) is 4.74. The summed E-state index contributed by atoms with van der Waals surface area (Å²) in [6, 6.07) is 23.1. The second-order valence-corrected chi connectivity index (χ2v) is 11.9. The molecule has 0 saturated carbocycles. The van der Waals surface area contributed by atoms with Gasteiger partial charge in [-0.1, -0.05) is 54.6 Å². The van der Waals surface area contributed by atoms with Gasteiger partial charge in [-0.3, -0.25) is 9.59 Å². The molecule has 1 atom stereocenters. The normalized spacial score (nSPS) is 14.4. The van der Waals surface area contributed by atoms with Gasteiger partial charge in [-0.25, -0.2) is 8.42 Å². The molecule has 1 N–H and O–H groups in total. The number of amides is 2. The van der Waals surface area contributed by atoms with Gasteiger partial charge < -0.3 is 15.0 Å². The quantitative estimate of drug-likeness (QED) is 0.357. The summed E-state index contributed by atoms with van der Waals surface area (Å²) >= 11 is 0. The lowest BCUT2D eigenvalue weighted by Gasteiger charge is -2.29. The standard InChI is InChI=1S/C31H37N3O5S/c1-24(31(36)32-22-26-10-15-28(39-2)16-11-26)34(23-27-8-4-3-5-9-27)30(35)19-14-25-12-17-29(18-13-25)40(37,38)33-20-6-7-21-33/h3-5,8-13,15-18,24H,6-7,14,19-23H2,1-2H3,(H,32,36)/t24-/m1/s1. The number of nitrogens with zero attached hydrogens (tertiary/aromatic N) is 2. The van der Waals surface area contributed by atoms with Crippen LogP contribution in [-0.4, -0.2) is 55.7 Å². The third-order valence-corrected chi connectivity index (χ3v) is 9.16. The number of methoxy groups -OCH3 is 1. The van der Waals surface area contributed by atoms with E-state index in [4.69, 9.17) is 4.74 Å². The number of aryl methyl sites for hydroxylation is 1. The molecule has 0 bridgehead atoms. The fourth-order valence-corrected chi connectivity index (χ4v) is 6.26. The topological polar surface area (TPSA) is 96.0 Å². The van der Waals surface area contributed by atoms with Crippen LogP contribution in [0.1, 0.15) is 42.9 Å². The molecule has 8 nitrogen and oxygen atoms in total. The first-order valence-electron chi connectivity index (χ1n) is 13.6. The Hall–Kier alpha value is -3.69. The van der Waals surface area contributed by atoms with Crippen molar-refractivity contribution in [2.24, 2.45) is 0 Å². The smallest absolute Gasteiger partial charge is 0.243 e. The second kappa shape index (κ2) is 13.6. The van der Waals surface area contributed by atoms with Crippen LogP contribution in [0.3, 0.4) is 0 Å². The summed E-state index contributed by atoms with van der Waals surface area (Å²) in [7, 11) is -1.87. The molecule has 3 aromatic carbocycles. The van der Waals surface area contributed by atoms with Crippen LogP contribution in [0.15, 0.2) is 83.8 Å². The molecule has 2 amide bonds. The number of carbonyl (C=O) groups is 2. The Morgan fingerprint density at radius 3 is 2.15 bits per heavy atom. The first kappa shape index (κ1) is 29.3. The molecule has 0 spiro atoms. The van der Waals surface area contributed by atoms with E-state index in [0.29, 0.717) is 32.6 Å². The monoisotopic (exact) mass is 563 g/mol. The zero-order valence-corrected chi connectivity index (χ0v) is 23.9. The lowest BCUT2D eigenvalue weighted by atomic mass is 10.1. The van der Waals surface area contributed by atoms with Crippen molar-refractivity contribution in [3.8, 4) is 5.75 Å². The molecule has 1 fully saturated rings. The Balaban J connectivity index is 1.40. The second-order valence-electron chi connectivity index (χ2n) is 10.0. The maximum absolute atomic E-state index is 13.4. The van der Waals surface area contributed by atoms with E-state index in [2.05, 4.69) is 5.32 Å². The Labute approximate surface area is 237 Å².